The second-order valence-corrected chi connectivity index (χ2v) is 5.52. The van der Waals surface area contributed by atoms with Crippen molar-refractivity contribution in [1.82, 2.24) is 9.97 Å². The highest BCUT2D eigenvalue weighted by Crippen LogP contribution is 2.20. The van der Waals surface area contributed by atoms with E-state index >= 15 is 0 Å². The number of hydrogen-bond donors (Lipinski definition) is 2. The Morgan fingerprint density at radius 1 is 1.28 bits per heavy atom. The van der Waals surface area contributed by atoms with Crippen LogP contribution in [0.25, 0.3) is 0 Å². The third kappa shape index (κ3) is 4.17. The summed E-state index contributed by atoms with van der Waals surface area (Å²) in [5.41, 5.74) is 0. The Morgan fingerprint density at radius 2 is 2.06 bits per heavy atom. The lowest BCUT2D eigenvalue weighted by Crippen LogP contribution is -2.23. The van der Waals surface area contributed by atoms with Gasteiger partial charge in [-0.2, -0.15) is 4.98 Å². The van der Waals surface area contributed by atoms with E-state index in [1.807, 2.05) is 12.3 Å². The predicted octanol–water partition coefficient (Wildman–Crippen LogP) is 3.29. The van der Waals surface area contributed by atoms with E-state index in [1.165, 1.54) is 32.1 Å². The number of nitrogens with one attached hydrogen (secondary N) is 2. The number of anilines is 2. The van der Waals surface area contributed by atoms with E-state index in [0.29, 0.717) is 12.0 Å². The van der Waals surface area contributed by atoms with Crippen molar-refractivity contribution in [2.45, 2.75) is 52.0 Å². The van der Waals surface area contributed by atoms with Crippen molar-refractivity contribution in [2.24, 2.45) is 5.92 Å². The summed E-state index contributed by atoms with van der Waals surface area (Å²) in [6, 6.07) is 2.54. The Kier molecular flexibility index (Phi) is 4.79. The largest absolute Gasteiger partial charge is 0.367 e. The van der Waals surface area contributed by atoms with Crippen LogP contribution in [0, 0.1) is 5.92 Å². The molecule has 0 radical (unpaired) electrons. The van der Waals surface area contributed by atoms with Gasteiger partial charge in [0, 0.05) is 18.8 Å². The molecule has 0 unspecified atom stereocenters. The monoisotopic (exact) mass is 248 g/mol. The number of nitrogens with zero attached hydrogens (tertiary/aromatic N) is 2. The summed E-state index contributed by atoms with van der Waals surface area (Å²) in [5, 5.41) is 6.78. The smallest absolute Gasteiger partial charge is 0.224 e. The molecular formula is C14H24N4. The molecule has 0 amide bonds. The molecule has 0 spiro atoms. The quantitative estimate of drug-likeness (QED) is 0.839. The second-order valence-electron chi connectivity index (χ2n) is 5.52. The molecule has 2 rings (SSSR count). The van der Waals surface area contributed by atoms with Crippen molar-refractivity contribution >= 4 is 11.8 Å². The molecule has 1 aliphatic rings. The lowest BCUT2D eigenvalue weighted by molar-refractivity contribution is 0.462. The summed E-state index contributed by atoms with van der Waals surface area (Å²) in [4.78, 5) is 8.75. The van der Waals surface area contributed by atoms with Gasteiger partial charge in [-0.15, -0.1) is 0 Å². The van der Waals surface area contributed by atoms with Crippen LogP contribution in [0.15, 0.2) is 12.3 Å². The molecule has 1 aromatic rings. The first kappa shape index (κ1) is 13.1. The third-order valence-electron chi connectivity index (χ3n) is 3.28. The first-order valence-corrected chi connectivity index (χ1v) is 7.07. The molecule has 1 aliphatic carbocycles. The van der Waals surface area contributed by atoms with Crippen molar-refractivity contribution in [3.8, 4) is 0 Å². The van der Waals surface area contributed by atoms with Crippen LogP contribution in [0.4, 0.5) is 11.8 Å². The van der Waals surface area contributed by atoms with E-state index in [1.54, 1.807) is 0 Å². The Bertz CT molecular complexity index is 359. The maximum atomic E-state index is 4.51. The van der Waals surface area contributed by atoms with Gasteiger partial charge in [-0.25, -0.2) is 4.98 Å². The van der Waals surface area contributed by atoms with Gasteiger partial charge in [-0.3, -0.25) is 0 Å². The molecule has 0 bridgehead atoms. The molecule has 2 N–H and O–H groups in total. The van der Waals surface area contributed by atoms with Crippen LogP contribution in [0.1, 0.15) is 46.0 Å². The highest BCUT2D eigenvalue weighted by atomic mass is 15.1. The van der Waals surface area contributed by atoms with Gasteiger partial charge in [0.1, 0.15) is 5.82 Å². The molecule has 100 valence electrons. The molecule has 1 heterocycles. The van der Waals surface area contributed by atoms with Crippen LogP contribution in [0.5, 0.6) is 0 Å². The second kappa shape index (κ2) is 6.57. The van der Waals surface area contributed by atoms with Crippen LogP contribution in [0.3, 0.4) is 0 Å². The fourth-order valence-corrected chi connectivity index (χ4v) is 2.28. The summed E-state index contributed by atoms with van der Waals surface area (Å²) in [7, 11) is 0. The van der Waals surface area contributed by atoms with Crippen molar-refractivity contribution in [2.75, 3.05) is 17.2 Å². The molecule has 0 saturated heterocycles. The predicted molar refractivity (Wildman–Crippen MR) is 75.9 cm³/mol. The van der Waals surface area contributed by atoms with Crippen molar-refractivity contribution in [3.05, 3.63) is 12.3 Å². The van der Waals surface area contributed by atoms with Gasteiger partial charge in [0.25, 0.3) is 0 Å². The first-order valence-electron chi connectivity index (χ1n) is 7.07. The van der Waals surface area contributed by atoms with Crippen LogP contribution in [-0.4, -0.2) is 22.6 Å². The molecule has 1 saturated carbocycles. The number of hydrogen-bond acceptors (Lipinski definition) is 4. The van der Waals surface area contributed by atoms with Crippen LogP contribution >= 0.6 is 0 Å². The molecular weight excluding hydrogens is 224 g/mol. The van der Waals surface area contributed by atoms with Crippen molar-refractivity contribution < 1.29 is 0 Å². The first-order chi connectivity index (χ1) is 8.74. The van der Waals surface area contributed by atoms with E-state index in [9.17, 15) is 0 Å². The average molecular weight is 248 g/mol. The van der Waals surface area contributed by atoms with Gasteiger partial charge in [0.15, 0.2) is 0 Å². The minimum atomic E-state index is 0.589. The number of rotatable bonds is 5. The minimum absolute atomic E-state index is 0.589. The third-order valence-corrected chi connectivity index (χ3v) is 3.28. The molecule has 0 aliphatic heterocycles. The van der Waals surface area contributed by atoms with E-state index in [-0.39, 0.29) is 0 Å². The van der Waals surface area contributed by atoms with Gasteiger partial charge >= 0.3 is 0 Å². The molecule has 4 nitrogen and oxygen atoms in total. The van der Waals surface area contributed by atoms with Crippen LogP contribution in [-0.2, 0) is 0 Å². The minimum Gasteiger partial charge on any atom is -0.367 e. The van der Waals surface area contributed by atoms with Gasteiger partial charge < -0.3 is 10.6 Å². The van der Waals surface area contributed by atoms with E-state index in [2.05, 4.69) is 34.4 Å². The van der Waals surface area contributed by atoms with Crippen LogP contribution < -0.4 is 10.6 Å². The standard InChI is InChI=1S/C14H24N4/c1-11(2)10-16-14-15-9-8-13(18-14)17-12-6-4-3-5-7-12/h8-9,11-12H,3-7,10H2,1-2H3,(H2,15,16,17,18). The average Bonchev–Trinajstić information content (AvgIpc) is 2.38. The molecule has 1 aromatic heterocycles. The lowest BCUT2D eigenvalue weighted by atomic mass is 9.95. The summed E-state index contributed by atoms with van der Waals surface area (Å²) >= 11 is 0. The van der Waals surface area contributed by atoms with Crippen molar-refractivity contribution in [3.63, 3.8) is 0 Å². The zero-order valence-corrected chi connectivity index (χ0v) is 11.4. The Labute approximate surface area is 110 Å². The zero-order valence-electron chi connectivity index (χ0n) is 11.4. The summed E-state index contributed by atoms with van der Waals surface area (Å²) < 4.78 is 0. The van der Waals surface area contributed by atoms with Crippen LogP contribution in [0.2, 0.25) is 0 Å². The normalized spacial score (nSPS) is 16.8. The molecule has 0 aromatic carbocycles. The number of aromatic nitrogens is 2. The Hall–Kier alpha value is -1.32. The fourth-order valence-electron chi connectivity index (χ4n) is 2.28. The highest BCUT2D eigenvalue weighted by Gasteiger charge is 2.13. The zero-order chi connectivity index (χ0) is 12.8. The van der Waals surface area contributed by atoms with E-state index in [4.69, 9.17) is 0 Å². The Morgan fingerprint density at radius 3 is 2.78 bits per heavy atom. The van der Waals surface area contributed by atoms with E-state index in [0.717, 1.165) is 18.3 Å². The van der Waals surface area contributed by atoms with Gasteiger partial charge in [-0.1, -0.05) is 33.1 Å². The molecule has 0 atom stereocenters. The van der Waals surface area contributed by atoms with Crippen molar-refractivity contribution in [1.29, 1.82) is 0 Å². The van der Waals surface area contributed by atoms with Gasteiger partial charge in [0.2, 0.25) is 5.95 Å². The molecule has 4 heteroatoms. The SMILES string of the molecule is CC(C)CNc1nccc(NC2CCCCC2)n1. The summed E-state index contributed by atoms with van der Waals surface area (Å²) in [6.07, 6.45) is 8.39. The van der Waals surface area contributed by atoms with Gasteiger partial charge in [-0.05, 0) is 24.8 Å². The molecule has 18 heavy (non-hydrogen) atoms. The maximum Gasteiger partial charge on any atom is 0.224 e. The molecule has 1 fully saturated rings. The summed E-state index contributed by atoms with van der Waals surface area (Å²) in [6.45, 7) is 5.27. The maximum absolute atomic E-state index is 4.51. The highest BCUT2D eigenvalue weighted by molar-refractivity contribution is 5.40. The summed E-state index contributed by atoms with van der Waals surface area (Å²) in [5.74, 6) is 2.27. The fraction of sp³-hybridized carbons (Fsp3) is 0.714. The lowest BCUT2D eigenvalue weighted by Gasteiger charge is -2.23. The topological polar surface area (TPSA) is 49.8 Å². The van der Waals surface area contributed by atoms with Gasteiger partial charge in [0.05, 0.1) is 0 Å². The Balaban J connectivity index is 1.89. The van der Waals surface area contributed by atoms with E-state index < -0.39 is 0 Å².